The first-order valence-corrected chi connectivity index (χ1v) is 8.73. The minimum absolute atomic E-state index is 0.171. The number of thiazole rings is 1. The predicted octanol–water partition coefficient (Wildman–Crippen LogP) is 5.13. The van der Waals surface area contributed by atoms with Crippen molar-refractivity contribution in [2.45, 2.75) is 19.8 Å². The third-order valence-corrected chi connectivity index (χ3v) is 4.94. The Morgan fingerprint density at radius 1 is 1.28 bits per heavy atom. The van der Waals surface area contributed by atoms with E-state index in [1.807, 2.05) is 6.07 Å². The van der Waals surface area contributed by atoms with Gasteiger partial charge in [-0.15, -0.1) is 11.3 Å². The van der Waals surface area contributed by atoms with Crippen LogP contribution >= 0.6 is 22.9 Å². The molecule has 0 saturated carbocycles. The van der Waals surface area contributed by atoms with Gasteiger partial charge in [-0.05, 0) is 29.8 Å². The van der Waals surface area contributed by atoms with Crippen molar-refractivity contribution in [3.63, 3.8) is 0 Å². The Kier molecular flexibility index (Phi) is 4.96. The molecule has 0 saturated heterocycles. The number of nitrogens with zero attached hydrogens (tertiary/aromatic N) is 3. The van der Waals surface area contributed by atoms with E-state index in [0.29, 0.717) is 11.4 Å². The molecular formula is C17H15ClN4O2S. The fraction of sp³-hybridized carbons (Fsp3) is 0.176. The highest BCUT2D eigenvalue weighted by molar-refractivity contribution is 7.15. The van der Waals surface area contributed by atoms with Crippen molar-refractivity contribution in [3.05, 3.63) is 46.8 Å². The first-order valence-electron chi connectivity index (χ1n) is 7.54. The fourth-order valence-electron chi connectivity index (χ4n) is 2.28. The van der Waals surface area contributed by atoms with Crippen LogP contribution in [0.15, 0.2) is 36.5 Å². The molecule has 0 spiro atoms. The van der Waals surface area contributed by atoms with Crippen LogP contribution < -0.4 is 5.32 Å². The number of rotatable bonds is 4. The Morgan fingerprint density at radius 2 is 2.08 bits per heavy atom. The standard InChI is InChI=1S/C17H15ClN4O2S/c1-9(2)15-22-13(10-4-3-5-11(8-10)20-17(23)24)14(25-15)12-6-7-19-16(18)21-12/h3-9,20H,1-2H3,(H,23,24). The molecule has 0 atom stereocenters. The lowest BCUT2D eigenvalue weighted by molar-refractivity contribution is 0.210. The maximum Gasteiger partial charge on any atom is 0.409 e. The number of carboxylic acid groups (broad SMARTS) is 1. The highest BCUT2D eigenvalue weighted by atomic mass is 35.5. The van der Waals surface area contributed by atoms with Crippen LogP contribution in [0.5, 0.6) is 0 Å². The van der Waals surface area contributed by atoms with Gasteiger partial charge in [0.05, 0.1) is 21.3 Å². The second-order valence-electron chi connectivity index (χ2n) is 5.61. The second kappa shape index (κ2) is 7.16. The van der Waals surface area contributed by atoms with E-state index in [-0.39, 0.29) is 11.2 Å². The van der Waals surface area contributed by atoms with Crippen LogP contribution in [0.2, 0.25) is 5.28 Å². The third-order valence-electron chi connectivity index (χ3n) is 3.38. The van der Waals surface area contributed by atoms with E-state index < -0.39 is 6.09 Å². The lowest BCUT2D eigenvalue weighted by Crippen LogP contribution is -2.06. The number of benzene rings is 1. The summed E-state index contributed by atoms with van der Waals surface area (Å²) in [6.07, 6.45) is 0.493. The number of halogens is 1. The minimum Gasteiger partial charge on any atom is -0.465 e. The molecule has 0 aliphatic carbocycles. The summed E-state index contributed by atoms with van der Waals surface area (Å²) in [5, 5.41) is 12.4. The van der Waals surface area contributed by atoms with E-state index in [1.54, 1.807) is 41.8 Å². The van der Waals surface area contributed by atoms with Gasteiger partial charge in [0.1, 0.15) is 0 Å². The maximum absolute atomic E-state index is 10.9. The van der Waals surface area contributed by atoms with Gasteiger partial charge >= 0.3 is 6.09 Å². The van der Waals surface area contributed by atoms with Crippen molar-refractivity contribution in [1.82, 2.24) is 15.0 Å². The van der Waals surface area contributed by atoms with Crippen LogP contribution in [-0.4, -0.2) is 26.2 Å². The Balaban J connectivity index is 2.13. The molecule has 3 aromatic rings. The first kappa shape index (κ1) is 17.3. The van der Waals surface area contributed by atoms with Gasteiger partial charge in [0.15, 0.2) is 0 Å². The summed E-state index contributed by atoms with van der Waals surface area (Å²) in [6.45, 7) is 4.14. The number of aromatic nitrogens is 3. The van der Waals surface area contributed by atoms with Gasteiger partial charge in [0.2, 0.25) is 5.28 Å². The topological polar surface area (TPSA) is 88.0 Å². The van der Waals surface area contributed by atoms with Gasteiger partial charge < -0.3 is 5.11 Å². The number of amides is 1. The van der Waals surface area contributed by atoms with E-state index in [0.717, 1.165) is 21.1 Å². The van der Waals surface area contributed by atoms with Crippen LogP contribution in [0.4, 0.5) is 10.5 Å². The van der Waals surface area contributed by atoms with Crippen LogP contribution in [0.1, 0.15) is 24.8 Å². The Labute approximate surface area is 153 Å². The number of carbonyl (C=O) groups is 1. The van der Waals surface area contributed by atoms with Gasteiger partial charge in [-0.2, -0.15) is 0 Å². The van der Waals surface area contributed by atoms with Crippen LogP contribution in [-0.2, 0) is 0 Å². The molecule has 1 amide bonds. The smallest absolute Gasteiger partial charge is 0.409 e. The Morgan fingerprint density at radius 3 is 2.76 bits per heavy atom. The summed E-state index contributed by atoms with van der Waals surface area (Å²) in [5.41, 5.74) is 2.73. The number of nitrogens with one attached hydrogen (secondary N) is 1. The average Bonchev–Trinajstić information content (AvgIpc) is 3.00. The van der Waals surface area contributed by atoms with E-state index in [9.17, 15) is 4.79 Å². The van der Waals surface area contributed by atoms with E-state index in [2.05, 4.69) is 29.1 Å². The van der Waals surface area contributed by atoms with E-state index >= 15 is 0 Å². The SMILES string of the molecule is CC(C)c1nc(-c2cccc(NC(=O)O)c2)c(-c2ccnc(Cl)n2)s1. The zero-order chi connectivity index (χ0) is 18.0. The predicted molar refractivity (Wildman–Crippen MR) is 99.3 cm³/mol. The number of hydrogen-bond acceptors (Lipinski definition) is 5. The zero-order valence-corrected chi connectivity index (χ0v) is 15.1. The minimum atomic E-state index is -1.11. The highest BCUT2D eigenvalue weighted by Crippen LogP contribution is 2.39. The second-order valence-corrected chi connectivity index (χ2v) is 6.98. The summed E-state index contributed by atoms with van der Waals surface area (Å²) < 4.78 is 0. The summed E-state index contributed by atoms with van der Waals surface area (Å²) >= 11 is 7.48. The van der Waals surface area contributed by atoms with Crippen LogP contribution in [0.3, 0.4) is 0 Å². The van der Waals surface area contributed by atoms with Crippen molar-refractivity contribution >= 4 is 34.7 Å². The van der Waals surface area contributed by atoms with Crippen molar-refractivity contribution in [1.29, 1.82) is 0 Å². The molecule has 25 heavy (non-hydrogen) atoms. The van der Waals surface area contributed by atoms with Gasteiger partial charge in [-0.25, -0.2) is 19.7 Å². The lowest BCUT2D eigenvalue weighted by atomic mass is 10.1. The molecule has 0 bridgehead atoms. The van der Waals surface area contributed by atoms with Crippen LogP contribution in [0.25, 0.3) is 21.8 Å². The van der Waals surface area contributed by atoms with Gasteiger partial charge in [-0.1, -0.05) is 26.0 Å². The lowest BCUT2D eigenvalue weighted by Gasteiger charge is -2.05. The molecule has 6 nitrogen and oxygen atoms in total. The molecule has 3 rings (SSSR count). The summed E-state index contributed by atoms with van der Waals surface area (Å²) in [4.78, 5) is 24.7. The Hall–Kier alpha value is -2.51. The molecule has 0 fully saturated rings. The molecule has 0 aliphatic heterocycles. The summed E-state index contributed by atoms with van der Waals surface area (Å²) in [6, 6.07) is 8.89. The molecule has 2 aromatic heterocycles. The Bertz CT molecular complexity index is 927. The largest absolute Gasteiger partial charge is 0.465 e. The van der Waals surface area contributed by atoms with Crippen molar-refractivity contribution in [2.75, 3.05) is 5.32 Å². The van der Waals surface area contributed by atoms with Gasteiger partial charge in [-0.3, -0.25) is 5.32 Å². The molecule has 0 radical (unpaired) electrons. The van der Waals surface area contributed by atoms with Crippen molar-refractivity contribution in [2.24, 2.45) is 0 Å². The zero-order valence-electron chi connectivity index (χ0n) is 13.5. The first-order chi connectivity index (χ1) is 11.9. The summed E-state index contributed by atoms with van der Waals surface area (Å²) in [7, 11) is 0. The highest BCUT2D eigenvalue weighted by Gasteiger charge is 2.18. The molecule has 128 valence electrons. The molecule has 2 N–H and O–H groups in total. The molecular weight excluding hydrogens is 360 g/mol. The maximum atomic E-state index is 10.9. The average molecular weight is 375 g/mol. The molecule has 1 aromatic carbocycles. The normalized spacial score (nSPS) is 10.9. The molecule has 0 aliphatic rings. The number of hydrogen-bond donors (Lipinski definition) is 2. The van der Waals surface area contributed by atoms with E-state index in [4.69, 9.17) is 21.7 Å². The summed E-state index contributed by atoms with van der Waals surface area (Å²) in [5.74, 6) is 0.259. The monoisotopic (exact) mass is 374 g/mol. The molecule has 2 heterocycles. The van der Waals surface area contributed by atoms with Crippen molar-refractivity contribution < 1.29 is 9.90 Å². The third kappa shape index (κ3) is 3.94. The van der Waals surface area contributed by atoms with Crippen LogP contribution in [0, 0.1) is 0 Å². The fourth-order valence-corrected chi connectivity index (χ4v) is 3.49. The molecule has 0 unspecified atom stereocenters. The quantitative estimate of drug-likeness (QED) is 0.618. The number of anilines is 1. The van der Waals surface area contributed by atoms with E-state index in [1.165, 1.54) is 0 Å². The van der Waals surface area contributed by atoms with Crippen molar-refractivity contribution in [3.8, 4) is 21.8 Å². The van der Waals surface area contributed by atoms with Gasteiger partial charge in [0, 0.05) is 23.4 Å². The molecule has 8 heteroatoms. The van der Waals surface area contributed by atoms with Gasteiger partial charge in [0.25, 0.3) is 0 Å².